The van der Waals surface area contributed by atoms with Gasteiger partial charge in [0, 0.05) is 22.3 Å². The molecular weight excluding hydrogens is 522 g/mol. The van der Waals surface area contributed by atoms with Crippen LogP contribution in [0.15, 0.2) is 78.9 Å². The van der Waals surface area contributed by atoms with Gasteiger partial charge in [0.15, 0.2) is 6.29 Å². The summed E-state index contributed by atoms with van der Waals surface area (Å²) in [6.45, 7) is 5.08. The van der Waals surface area contributed by atoms with Crippen LogP contribution in [0, 0.1) is 0 Å². The van der Waals surface area contributed by atoms with Crippen molar-refractivity contribution in [3.63, 3.8) is 0 Å². The molecule has 3 aromatic carbocycles. The number of thiol groups is 1. The number of pyridine rings is 1. The molecule has 0 saturated carbocycles. The highest BCUT2D eigenvalue weighted by molar-refractivity contribution is 7.80. The van der Waals surface area contributed by atoms with Crippen LogP contribution in [0.5, 0.6) is 0 Å². The van der Waals surface area contributed by atoms with Crippen molar-refractivity contribution in [2.75, 3.05) is 6.61 Å². The maximum absolute atomic E-state index is 6.44. The Morgan fingerprint density at radius 1 is 1.03 bits per heavy atom. The summed E-state index contributed by atoms with van der Waals surface area (Å²) in [5.74, 6) is 0. The molecule has 5 heteroatoms. The molecule has 1 aromatic heterocycles. The van der Waals surface area contributed by atoms with Gasteiger partial charge in [-0.3, -0.25) is 0 Å². The molecule has 0 amide bonds. The van der Waals surface area contributed by atoms with Crippen LogP contribution >= 0.6 is 24.2 Å². The van der Waals surface area contributed by atoms with Crippen molar-refractivity contribution in [3.8, 4) is 0 Å². The quantitative estimate of drug-likeness (QED) is 0.208. The predicted octanol–water partition coefficient (Wildman–Crippen LogP) is 9.44. The van der Waals surface area contributed by atoms with E-state index in [1.807, 2.05) is 30.3 Å². The summed E-state index contributed by atoms with van der Waals surface area (Å²) in [6, 6.07) is 27.1. The average molecular weight is 558 g/mol. The van der Waals surface area contributed by atoms with Gasteiger partial charge in [-0.05, 0) is 92.5 Å². The van der Waals surface area contributed by atoms with Gasteiger partial charge in [-0.1, -0.05) is 78.3 Å². The molecule has 1 aliphatic heterocycles. The van der Waals surface area contributed by atoms with Gasteiger partial charge in [0.25, 0.3) is 0 Å². The molecule has 4 aromatic rings. The molecule has 1 unspecified atom stereocenters. The Hall–Kier alpha value is -2.63. The molecule has 3 nitrogen and oxygen atoms in total. The molecule has 2 heterocycles. The van der Waals surface area contributed by atoms with E-state index in [4.69, 9.17) is 38.7 Å². The number of fused-ring (bicyclic) bond motifs is 1. The first-order valence-electron chi connectivity index (χ1n) is 13.8. The number of benzene rings is 3. The van der Waals surface area contributed by atoms with E-state index in [-0.39, 0.29) is 11.5 Å². The lowest BCUT2D eigenvalue weighted by molar-refractivity contribution is -0.219. The maximum atomic E-state index is 6.44. The molecule has 202 valence electrons. The molecule has 0 N–H and O–H groups in total. The highest BCUT2D eigenvalue weighted by Gasteiger charge is 2.29. The molecule has 0 aliphatic carbocycles. The van der Waals surface area contributed by atoms with Crippen molar-refractivity contribution in [1.29, 1.82) is 0 Å². The zero-order chi connectivity index (χ0) is 27.2. The van der Waals surface area contributed by atoms with Crippen LogP contribution in [0.2, 0.25) is 5.02 Å². The van der Waals surface area contributed by atoms with Crippen molar-refractivity contribution in [2.45, 2.75) is 63.1 Å². The van der Waals surface area contributed by atoms with Crippen LogP contribution < -0.4 is 0 Å². The zero-order valence-corrected chi connectivity index (χ0v) is 24.3. The van der Waals surface area contributed by atoms with E-state index >= 15 is 0 Å². The van der Waals surface area contributed by atoms with E-state index in [1.54, 1.807) is 0 Å². The highest BCUT2D eigenvalue weighted by atomic mass is 35.5. The fourth-order valence-corrected chi connectivity index (χ4v) is 5.69. The molecular formula is C34H36ClNO2S. The molecule has 0 radical (unpaired) electrons. The summed E-state index contributed by atoms with van der Waals surface area (Å²) in [5, 5.41) is 1.90. The molecule has 1 aliphatic rings. The first kappa shape index (κ1) is 27.9. The SMILES string of the molecule is CC(C)(OC1CCCCO1)c1ccccc1CC[C@@H](S)c1cccc(/C=C/c2ccc3ccc(Cl)cc3n2)c1. The molecule has 0 bridgehead atoms. The maximum Gasteiger partial charge on any atom is 0.158 e. The lowest BCUT2D eigenvalue weighted by atomic mass is 9.89. The van der Waals surface area contributed by atoms with Gasteiger partial charge in [0.2, 0.25) is 0 Å². The number of aryl methyl sites for hydroxylation is 1. The van der Waals surface area contributed by atoms with Crippen molar-refractivity contribution < 1.29 is 9.47 Å². The number of hydrogen-bond donors (Lipinski definition) is 1. The van der Waals surface area contributed by atoms with Crippen LogP contribution in [0.4, 0.5) is 0 Å². The molecule has 2 atom stereocenters. The topological polar surface area (TPSA) is 31.4 Å². The lowest BCUT2D eigenvalue weighted by Crippen LogP contribution is -2.33. The van der Waals surface area contributed by atoms with Gasteiger partial charge in [-0.2, -0.15) is 12.6 Å². The summed E-state index contributed by atoms with van der Waals surface area (Å²) < 4.78 is 12.3. The van der Waals surface area contributed by atoms with E-state index in [2.05, 4.69) is 74.5 Å². The minimum absolute atomic E-state index is 0.123. The fourth-order valence-electron chi connectivity index (χ4n) is 5.23. The third kappa shape index (κ3) is 7.32. The van der Waals surface area contributed by atoms with E-state index in [9.17, 15) is 0 Å². The van der Waals surface area contributed by atoms with Crippen LogP contribution in [0.25, 0.3) is 23.1 Å². The minimum atomic E-state index is -0.419. The Bertz CT molecular complexity index is 1440. The second-order valence-corrected chi connectivity index (χ2v) is 11.8. The van der Waals surface area contributed by atoms with Gasteiger partial charge in [-0.15, -0.1) is 0 Å². The third-order valence-electron chi connectivity index (χ3n) is 7.33. The summed E-state index contributed by atoms with van der Waals surface area (Å²) in [4.78, 5) is 4.73. The molecule has 1 saturated heterocycles. The first-order valence-corrected chi connectivity index (χ1v) is 14.7. The monoisotopic (exact) mass is 557 g/mol. The highest BCUT2D eigenvalue weighted by Crippen LogP contribution is 2.34. The Kier molecular flexibility index (Phi) is 9.09. The summed E-state index contributed by atoms with van der Waals surface area (Å²) >= 11 is 11.1. The van der Waals surface area contributed by atoms with Crippen molar-refractivity contribution in [3.05, 3.63) is 112 Å². The van der Waals surface area contributed by atoms with E-state index in [0.29, 0.717) is 5.02 Å². The van der Waals surface area contributed by atoms with E-state index < -0.39 is 5.60 Å². The van der Waals surface area contributed by atoms with Crippen LogP contribution in [0.3, 0.4) is 0 Å². The number of aromatic nitrogens is 1. The standard InChI is InChI=1S/C34H36ClNO2S/c1-34(2,38-33-12-5-6-21-37-33)30-11-4-3-9-25(30)16-20-32(39)27-10-7-8-24(22-27)13-18-29-19-15-26-14-17-28(35)23-31(26)36-29/h3-4,7-11,13-15,17-19,22-23,32-33,39H,5-6,12,16,20-21H2,1-2H3/b18-13+/t32-,33?/m1/s1. The molecule has 5 rings (SSSR count). The Morgan fingerprint density at radius 3 is 2.72 bits per heavy atom. The average Bonchev–Trinajstić information content (AvgIpc) is 2.95. The molecule has 0 spiro atoms. The van der Waals surface area contributed by atoms with Crippen LogP contribution in [-0.2, 0) is 21.5 Å². The van der Waals surface area contributed by atoms with Gasteiger partial charge in [0.05, 0.1) is 16.8 Å². The lowest BCUT2D eigenvalue weighted by Gasteiger charge is -2.34. The Balaban J connectivity index is 1.25. The smallest absolute Gasteiger partial charge is 0.158 e. The van der Waals surface area contributed by atoms with Crippen molar-refractivity contribution in [2.24, 2.45) is 0 Å². The zero-order valence-electron chi connectivity index (χ0n) is 22.6. The van der Waals surface area contributed by atoms with Crippen molar-refractivity contribution in [1.82, 2.24) is 4.98 Å². The summed E-state index contributed by atoms with van der Waals surface area (Å²) in [6.07, 6.45) is 9.10. The second kappa shape index (κ2) is 12.7. The number of nitrogens with zero attached hydrogens (tertiary/aromatic N) is 1. The fraction of sp³-hybridized carbons (Fsp3) is 0.324. The van der Waals surface area contributed by atoms with Crippen LogP contribution in [-0.4, -0.2) is 17.9 Å². The van der Waals surface area contributed by atoms with Crippen molar-refractivity contribution >= 4 is 47.3 Å². The summed E-state index contributed by atoms with van der Waals surface area (Å²) in [7, 11) is 0. The third-order valence-corrected chi connectivity index (χ3v) is 8.13. The van der Waals surface area contributed by atoms with E-state index in [1.165, 1.54) is 16.7 Å². The molecule has 39 heavy (non-hydrogen) atoms. The number of ether oxygens (including phenoxy) is 2. The Labute approximate surface area is 242 Å². The van der Waals surface area contributed by atoms with Gasteiger partial charge in [-0.25, -0.2) is 4.98 Å². The van der Waals surface area contributed by atoms with Gasteiger partial charge < -0.3 is 9.47 Å². The second-order valence-electron chi connectivity index (χ2n) is 10.7. The first-order chi connectivity index (χ1) is 18.9. The number of hydrogen-bond acceptors (Lipinski definition) is 4. The normalized spacial score (nSPS) is 17.1. The number of rotatable bonds is 9. The predicted molar refractivity (Wildman–Crippen MR) is 166 cm³/mol. The van der Waals surface area contributed by atoms with Gasteiger partial charge in [0.1, 0.15) is 0 Å². The summed E-state index contributed by atoms with van der Waals surface area (Å²) in [5.41, 5.74) is 6.24. The molecule has 1 fully saturated rings. The largest absolute Gasteiger partial charge is 0.353 e. The van der Waals surface area contributed by atoms with Gasteiger partial charge >= 0.3 is 0 Å². The van der Waals surface area contributed by atoms with E-state index in [0.717, 1.165) is 60.9 Å². The minimum Gasteiger partial charge on any atom is -0.353 e. The Morgan fingerprint density at radius 2 is 1.87 bits per heavy atom. The van der Waals surface area contributed by atoms with Crippen LogP contribution in [0.1, 0.15) is 72.7 Å². The number of halogens is 1.